The van der Waals surface area contributed by atoms with Crippen LogP contribution in [0.1, 0.15) is 17.3 Å². The molecule has 0 aliphatic carbocycles. The lowest BCUT2D eigenvalue weighted by Crippen LogP contribution is -2.42. The molecule has 28 heavy (non-hydrogen) atoms. The van der Waals surface area contributed by atoms with Crippen molar-refractivity contribution in [3.63, 3.8) is 0 Å². The first-order valence-corrected chi connectivity index (χ1v) is 8.94. The highest BCUT2D eigenvalue weighted by Gasteiger charge is 2.18. The highest BCUT2D eigenvalue weighted by molar-refractivity contribution is 5.92. The van der Waals surface area contributed by atoms with Crippen molar-refractivity contribution < 1.29 is 28.6 Å². The Bertz CT molecular complexity index is 838. The van der Waals surface area contributed by atoms with Gasteiger partial charge in [-0.1, -0.05) is 24.3 Å². The number of rotatable bonds is 5. The molecule has 0 saturated carbocycles. The van der Waals surface area contributed by atoms with Gasteiger partial charge in [-0.3, -0.25) is 9.59 Å². The predicted octanol–water partition coefficient (Wildman–Crippen LogP) is 2.29. The maximum Gasteiger partial charge on any atom is 0.338 e. The van der Waals surface area contributed by atoms with Gasteiger partial charge in [0.25, 0.3) is 5.91 Å². The van der Waals surface area contributed by atoms with E-state index < -0.39 is 5.97 Å². The molecular formula is C21H21NO6. The van der Waals surface area contributed by atoms with Gasteiger partial charge in [0.1, 0.15) is 5.75 Å². The molecule has 0 unspecified atom stereocenters. The van der Waals surface area contributed by atoms with Crippen molar-refractivity contribution in [2.24, 2.45) is 0 Å². The van der Waals surface area contributed by atoms with Gasteiger partial charge in [-0.2, -0.15) is 0 Å². The van der Waals surface area contributed by atoms with Gasteiger partial charge in [-0.15, -0.1) is 0 Å². The quantitative estimate of drug-likeness (QED) is 0.582. The number of amides is 1. The van der Waals surface area contributed by atoms with Crippen LogP contribution in [0.4, 0.5) is 0 Å². The van der Waals surface area contributed by atoms with E-state index in [9.17, 15) is 14.4 Å². The zero-order valence-corrected chi connectivity index (χ0v) is 15.6. The van der Waals surface area contributed by atoms with Gasteiger partial charge in [-0.25, -0.2) is 4.79 Å². The molecule has 1 fully saturated rings. The molecule has 1 amide bonds. The zero-order valence-electron chi connectivity index (χ0n) is 15.6. The van der Waals surface area contributed by atoms with Gasteiger partial charge < -0.3 is 19.1 Å². The fraction of sp³-hybridized carbons (Fsp3) is 0.286. The molecule has 3 rings (SSSR count). The number of benzene rings is 2. The molecule has 1 aliphatic heterocycles. The Morgan fingerprint density at radius 3 is 2.07 bits per heavy atom. The highest BCUT2D eigenvalue weighted by atomic mass is 16.5. The Kier molecular flexibility index (Phi) is 6.39. The number of nitrogens with zero attached hydrogens (tertiary/aromatic N) is 1. The van der Waals surface area contributed by atoms with Crippen LogP contribution in [-0.2, 0) is 19.1 Å². The second-order valence-corrected chi connectivity index (χ2v) is 6.26. The summed E-state index contributed by atoms with van der Waals surface area (Å²) in [6, 6.07) is 13.9. The van der Waals surface area contributed by atoms with Gasteiger partial charge >= 0.3 is 11.9 Å². The summed E-state index contributed by atoms with van der Waals surface area (Å²) in [6.07, 6.45) is 0. The summed E-state index contributed by atoms with van der Waals surface area (Å²) in [5.41, 5.74) is 2.18. The number of esters is 2. The summed E-state index contributed by atoms with van der Waals surface area (Å²) >= 11 is 0. The Balaban J connectivity index is 1.56. The summed E-state index contributed by atoms with van der Waals surface area (Å²) in [7, 11) is 0. The minimum Gasteiger partial charge on any atom is -0.452 e. The first kappa shape index (κ1) is 19.6. The molecule has 1 heterocycles. The molecule has 146 valence electrons. The Hall–Kier alpha value is -3.19. The van der Waals surface area contributed by atoms with Crippen molar-refractivity contribution in [2.45, 2.75) is 6.92 Å². The van der Waals surface area contributed by atoms with Crippen LogP contribution in [-0.4, -0.2) is 55.7 Å². The molecule has 2 aromatic carbocycles. The lowest BCUT2D eigenvalue weighted by atomic mass is 10.0. The van der Waals surface area contributed by atoms with Crippen LogP contribution < -0.4 is 4.74 Å². The Labute approximate surface area is 162 Å². The number of ether oxygens (including phenoxy) is 3. The fourth-order valence-corrected chi connectivity index (χ4v) is 2.79. The fourth-order valence-electron chi connectivity index (χ4n) is 2.79. The molecule has 0 spiro atoms. The van der Waals surface area contributed by atoms with Crippen LogP contribution in [0, 0.1) is 0 Å². The van der Waals surface area contributed by atoms with Crippen molar-refractivity contribution in [3.05, 3.63) is 54.1 Å². The average Bonchev–Trinajstić information content (AvgIpc) is 2.72. The predicted molar refractivity (Wildman–Crippen MR) is 101 cm³/mol. The van der Waals surface area contributed by atoms with E-state index in [0.29, 0.717) is 37.6 Å². The van der Waals surface area contributed by atoms with E-state index in [1.165, 1.54) is 6.92 Å². The largest absolute Gasteiger partial charge is 0.452 e. The van der Waals surface area contributed by atoms with E-state index in [1.54, 1.807) is 41.3 Å². The smallest absolute Gasteiger partial charge is 0.338 e. The molecular weight excluding hydrogens is 362 g/mol. The Morgan fingerprint density at radius 2 is 1.50 bits per heavy atom. The minimum atomic E-state index is -0.543. The molecule has 0 aromatic heterocycles. The van der Waals surface area contributed by atoms with Gasteiger partial charge in [0.15, 0.2) is 6.61 Å². The SMILES string of the molecule is CC(=O)Oc1ccc(-c2ccc(C(=O)OCC(=O)N3CCOCC3)cc2)cc1. The second-order valence-electron chi connectivity index (χ2n) is 6.26. The number of carbonyl (C=O) groups excluding carboxylic acids is 3. The zero-order chi connectivity index (χ0) is 19.9. The molecule has 1 aliphatic rings. The molecule has 7 nitrogen and oxygen atoms in total. The first-order chi connectivity index (χ1) is 13.5. The third-order valence-corrected chi connectivity index (χ3v) is 4.26. The highest BCUT2D eigenvalue weighted by Crippen LogP contribution is 2.23. The van der Waals surface area contributed by atoms with Gasteiger partial charge in [0.2, 0.25) is 0 Å². The van der Waals surface area contributed by atoms with E-state index in [4.69, 9.17) is 14.2 Å². The van der Waals surface area contributed by atoms with Gasteiger partial charge in [-0.05, 0) is 35.4 Å². The summed E-state index contributed by atoms with van der Waals surface area (Å²) in [6.45, 7) is 3.10. The number of hydrogen-bond donors (Lipinski definition) is 0. The van der Waals surface area contributed by atoms with Crippen molar-refractivity contribution in [1.82, 2.24) is 4.90 Å². The van der Waals surface area contributed by atoms with Crippen LogP contribution in [0.5, 0.6) is 5.75 Å². The average molecular weight is 383 g/mol. The third-order valence-electron chi connectivity index (χ3n) is 4.26. The maximum atomic E-state index is 12.2. The maximum absolute atomic E-state index is 12.2. The van der Waals surface area contributed by atoms with E-state index in [0.717, 1.165) is 11.1 Å². The van der Waals surface area contributed by atoms with Crippen molar-refractivity contribution in [1.29, 1.82) is 0 Å². The molecule has 0 bridgehead atoms. The number of carbonyl (C=O) groups is 3. The number of hydrogen-bond acceptors (Lipinski definition) is 6. The first-order valence-electron chi connectivity index (χ1n) is 8.94. The summed E-state index contributed by atoms with van der Waals surface area (Å²) < 4.78 is 15.3. The molecule has 2 aromatic rings. The van der Waals surface area contributed by atoms with E-state index in [1.807, 2.05) is 12.1 Å². The second kappa shape index (κ2) is 9.14. The van der Waals surface area contributed by atoms with Gasteiger partial charge in [0.05, 0.1) is 18.8 Å². The molecule has 0 atom stereocenters. The topological polar surface area (TPSA) is 82.1 Å². The van der Waals surface area contributed by atoms with Crippen LogP contribution in [0.25, 0.3) is 11.1 Å². The normalized spacial score (nSPS) is 13.7. The van der Waals surface area contributed by atoms with Crippen LogP contribution in [0.15, 0.2) is 48.5 Å². The van der Waals surface area contributed by atoms with Crippen LogP contribution in [0.2, 0.25) is 0 Å². The van der Waals surface area contributed by atoms with Crippen LogP contribution in [0.3, 0.4) is 0 Å². The molecule has 7 heteroatoms. The molecule has 1 saturated heterocycles. The van der Waals surface area contributed by atoms with Gasteiger partial charge in [0, 0.05) is 20.0 Å². The minimum absolute atomic E-state index is 0.221. The van der Waals surface area contributed by atoms with E-state index in [-0.39, 0.29) is 18.5 Å². The monoisotopic (exact) mass is 383 g/mol. The standard InChI is InChI=1S/C21H21NO6/c1-15(23)28-19-8-6-17(7-9-19)16-2-4-18(5-3-16)21(25)27-14-20(24)22-10-12-26-13-11-22/h2-9H,10-14H2,1H3. The lowest BCUT2D eigenvalue weighted by molar-refractivity contribution is -0.138. The summed E-state index contributed by atoms with van der Waals surface area (Å²) in [5.74, 6) is -0.663. The van der Waals surface area contributed by atoms with Crippen molar-refractivity contribution in [3.8, 4) is 16.9 Å². The molecule has 0 radical (unpaired) electrons. The Morgan fingerprint density at radius 1 is 0.929 bits per heavy atom. The van der Waals surface area contributed by atoms with E-state index >= 15 is 0 Å². The lowest BCUT2D eigenvalue weighted by Gasteiger charge is -2.26. The van der Waals surface area contributed by atoms with Crippen molar-refractivity contribution >= 4 is 17.8 Å². The van der Waals surface area contributed by atoms with E-state index in [2.05, 4.69) is 0 Å². The van der Waals surface area contributed by atoms with Crippen molar-refractivity contribution in [2.75, 3.05) is 32.9 Å². The number of morpholine rings is 1. The summed E-state index contributed by atoms with van der Waals surface area (Å²) in [4.78, 5) is 36.8. The third kappa shape index (κ3) is 5.17. The summed E-state index contributed by atoms with van der Waals surface area (Å²) in [5, 5.41) is 0. The van der Waals surface area contributed by atoms with Crippen LogP contribution >= 0.6 is 0 Å². The molecule has 0 N–H and O–H groups in total.